The zero-order valence-electron chi connectivity index (χ0n) is 14.3. The minimum atomic E-state index is -0.312. The molecule has 1 amide bonds. The van der Waals surface area contributed by atoms with Crippen molar-refractivity contribution >= 4 is 28.9 Å². The number of hydrogen-bond acceptors (Lipinski definition) is 6. The second-order valence-corrected chi connectivity index (χ2v) is 5.37. The van der Waals surface area contributed by atoms with Crippen molar-refractivity contribution < 1.29 is 14.4 Å². The Bertz CT molecular complexity index is 733. The van der Waals surface area contributed by atoms with Gasteiger partial charge in [0.15, 0.2) is 5.15 Å². The number of pyridine rings is 1. The van der Waals surface area contributed by atoms with Gasteiger partial charge in [-0.15, -0.1) is 0 Å². The molecule has 134 valence electrons. The van der Waals surface area contributed by atoms with Crippen molar-refractivity contribution in [1.82, 2.24) is 14.8 Å². The van der Waals surface area contributed by atoms with Gasteiger partial charge in [-0.3, -0.25) is 9.78 Å². The van der Waals surface area contributed by atoms with Crippen LogP contribution in [0.5, 0.6) is 0 Å². The van der Waals surface area contributed by atoms with Crippen LogP contribution in [0.3, 0.4) is 0 Å². The van der Waals surface area contributed by atoms with E-state index >= 15 is 0 Å². The number of carbonyl (C=O) groups excluding carboxylic acids is 1. The van der Waals surface area contributed by atoms with E-state index in [9.17, 15) is 4.79 Å². The molecular weight excluding hydrogens is 346 g/mol. The summed E-state index contributed by atoms with van der Waals surface area (Å²) in [6.45, 7) is 4.49. The lowest BCUT2D eigenvalue weighted by atomic mass is 10.3. The van der Waals surface area contributed by atoms with Crippen LogP contribution in [-0.2, 0) is 14.4 Å². The van der Waals surface area contributed by atoms with Gasteiger partial charge in [-0.2, -0.15) is 5.10 Å². The van der Waals surface area contributed by atoms with Crippen LogP contribution in [0.1, 0.15) is 13.8 Å². The van der Waals surface area contributed by atoms with E-state index in [1.165, 1.54) is 4.90 Å². The van der Waals surface area contributed by atoms with Crippen LogP contribution in [0.15, 0.2) is 35.9 Å². The molecule has 2 aromatic heterocycles. The predicted molar refractivity (Wildman–Crippen MR) is 95.3 cm³/mol. The second-order valence-electron chi connectivity index (χ2n) is 5.01. The maximum absolute atomic E-state index is 12.6. The molecule has 0 fully saturated rings. The zero-order chi connectivity index (χ0) is 18.2. The smallest absolute Gasteiger partial charge is 0.275 e. The molecule has 0 saturated heterocycles. The lowest BCUT2D eigenvalue weighted by Crippen LogP contribution is -2.35. The first-order valence-corrected chi connectivity index (χ1v) is 8.09. The van der Waals surface area contributed by atoms with E-state index in [0.717, 1.165) is 5.69 Å². The molecule has 0 aliphatic heterocycles. The number of carbonyl (C=O) groups is 1. The maximum atomic E-state index is 12.6. The molecule has 2 aromatic rings. The number of methoxy groups -OCH3 is 1. The van der Waals surface area contributed by atoms with E-state index in [0.29, 0.717) is 18.8 Å². The summed E-state index contributed by atoms with van der Waals surface area (Å²) in [4.78, 5) is 23.2. The number of rotatable bonds is 8. The van der Waals surface area contributed by atoms with Gasteiger partial charge in [0, 0.05) is 19.9 Å². The molecule has 0 unspecified atom stereocenters. The molecule has 8 nitrogen and oxygen atoms in total. The average molecular weight is 366 g/mol. The van der Waals surface area contributed by atoms with Crippen molar-refractivity contribution in [3.05, 3.63) is 35.9 Å². The molecule has 0 aliphatic carbocycles. The number of halogens is 1. The van der Waals surface area contributed by atoms with E-state index in [2.05, 4.69) is 15.2 Å². The molecule has 0 saturated carbocycles. The van der Waals surface area contributed by atoms with Crippen molar-refractivity contribution in [3.63, 3.8) is 0 Å². The lowest BCUT2D eigenvalue weighted by Gasteiger charge is -2.18. The molecular formula is C16H20ClN5O3. The van der Waals surface area contributed by atoms with Crippen LogP contribution in [0, 0.1) is 0 Å². The monoisotopic (exact) mass is 365 g/mol. The Balaban J connectivity index is 2.20. The van der Waals surface area contributed by atoms with Crippen LogP contribution in [-0.4, -0.2) is 53.3 Å². The number of anilines is 1. The minimum absolute atomic E-state index is 0.211. The Labute approximate surface area is 151 Å². The Hall–Kier alpha value is -2.45. The first-order chi connectivity index (χ1) is 12.1. The summed E-state index contributed by atoms with van der Waals surface area (Å²) < 4.78 is 6.43. The van der Waals surface area contributed by atoms with Crippen molar-refractivity contribution in [1.29, 1.82) is 0 Å². The topological polar surface area (TPSA) is 81.8 Å². The highest BCUT2D eigenvalue weighted by Gasteiger charge is 2.22. The number of amides is 1. The molecule has 0 radical (unpaired) electrons. The summed E-state index contributed by atoms with van der Waals surface area (Å²) in [5.74, 6) is -0.312. The van der Waals surface area contributed by atoms with Gasteiger partial charge in [0.2, 0.25) is 0 Å². The second kappa shape index (κ2) is 9.14. The molecule has 2 heterocycles. The minimum Gasteiger partial charge on any atom is -0.393 e. The average Bonchev–Trinajstić information content (AvgIpc) is 3.01. The fourth-order valence-electron chi connectivity index (χ4n) is 2.07. The van der Waals surface area contributed by atoms with Crippen molar-refractivity contribution in [2.75, 3.05) is 31.8 Å². The third-order valence-corrected chi connectivity index (χ3v) is 3.57. The van der Waals surface area contributed by atoms with Crippen LogP contribution < -0.4 is 4.90 Å². The molecule has 0 spiro atoms. The molecule has 0 aliphatic rings. The number of nitrogens with zero attached hydrogens (tertiary/aromatic N) is 5. The Morgan fingerprint density at radius 1 is 1.44 bits per heavy atom. The van der Waals surface area contributed by atoms with E-state index in [1.807, 2.05) is 13.0 Å². The van der Waals surface area contributed by atoms with Gasteiger partial charge >= 0.3 is 0 Å². The summed E-state index contributed by atoms with van der Waals surface area (Å²) in [7, 11) is 1.56. The van der Waals surface area contributed by atoms with Gasteiger partial charge in [0.1, 0.15) is 18.0 Å². The van der Waals surface area contributed by atoms with E-state index < -0.39 is 0 Å². The summed E-state index contributed by atoms with van der Waals surface area (Å²) in [6, 6.07) is 3.63. The molecule has 25 heavy (non-hydrogen) atoms. The maximum Gasteiger partial charge on any atom is 0.275 e. The zero-order valence-corrected chi connectivity index (χ0v) is 15.1. The van der Waals surface area contributed by atoms with Gasteiger partial charge in [-0.05, 0) is 26.0 Å². The summed E-state index contributed by atoms with van der Waals surface area (Å²) in [5.41, 5.74) is 1.44. The van der Waals surface area contributed by atoms with Gasteiger partial charge in [-0.1, -0.05) is 16.8 Å². The SMILES string of the molecule is CCN(C(=O)/C(C)=N/OCCOC)c1cn(-c2cccnc2)nc1Cl. The number of hydrogen-bond donors (Lipinski definition) is 0. The number of aromatic nitrogens is 3. The van der Waals surface area contributed by atoms with Crippen molar-refractivity contribution in [2.24, 2.45) is 5.16 Å². The van der Waals surface area contributed by atoms with Crippen LogP contribution in [0.25, 0.3) is 5.69 Å². The lowest BCUT2D eigenvalue weighted by molar-refractivity contribution is -0.112. The predicted octanol–water partition coefficient (Wildman–Crippen LogP) is 2.31. The van der Waals surface area contributed by atoms with E-state index in [-0.39, 0.29) is 23.4 Å². The molecule has 2 rings (SSSR count). The molecule has 0 N–H and O–H groups in total. The Kier molecular flexibility index (Phi) is 6.91. The summed E-state index contributed by atoms with van der Waals surface area (Å²) >= 11 is 6.23. The van der Waals surface area contributed by atoms with Crippen molar-refractivity contribution in [2.45, 2.75) is 13.8 Å². The highest BCUT2D eigenvalue weighted by molar-refractivity contribution is 6.43. The quantitative estimate of drug-likeness (QED) is 0.407. The molecule has 9 heteroatoms. The van der Waals surface area contributed by atoms with E-state index in [1.54, 1.807) is 43.4 Å². The largest absolute Gasteiger partial charge is 0.393 e. The van der Waals surface area contributed by atoms with Gasteiger partial charge < -0.3 is 14.5 Å². The summed E-state index contributed by atoms with van der Waals surface area (Å²) in [6.07, 6.45) is 5.00. The van der Waals surface area contributed by atoms with Crippen molar-refractivity contribution in [3.8, 4) is 5.69 Å². The fraction of sp³-hybridized carbons (Fsp3) is 0.375. The molecule has 0 bridgehead atoms. The first-order valence-electron chi connectivity index (χ1n) is 7.71. The van der Waals surface area contributed by atoms with Gasteiger partial charge in [0.05, 0.1) is 24.7 Å². The van der Waals surface area contributed by atoms with Crippen LogP contribution in [0.2, 0.25) is 5.15 Å². The molecule has 0 atom stereocenters. The van der Waals surface area contributed by atoms with E-state index in [4.69, 9.17) is 21.2 Å². The normalized spacial score (nSPS) is 11.4. The number of oxime groups is 1. The van der Waals surface area contributed by atoms with Crippen LogP contribution in [0.4, 0.5) is 5.69 Å². The highest BCUT2D eigenvalue weighted by Crippen LogP contribution is 2.26. The Morgan fingerprint density at radius 3 is 2.88 bits per heavy atom. The third kappa shape index (κ3) is 4.77. The highest BCUT2D eigenvalue weighted by atomic mass is 35.5. The standard InChI is InChI=1S/C16H20ClN5O3/c1-4-21(16(23)12(2)20-25-9-8-24-3)14-11-22(19-15(14)17)13-6-5-7-18-10-13/h5-7,10-11H,4,8-9H2,1-3H3/b20-12+. The van der Waals surface area contributed by atoms with Crippen LogP contribution >= 0.6 is 11.6 Å². The van der Waals surface area contributed by atoms with Gasteiger partial charge in [-0.25, -0.2) is 4.68 Å². The molecule has 0 aromatic carbocycles. The third-order valence-electron chi connectivity index (χ3n) is 3.30. The Morgan fingerprint density at radius 2 is 2.24 bits per heavy atom. The first kappa shape index (κ1) is 18.9. The summed E-state index contributed by atoms with van der Waals surface area (Å²) in [5, 5.41) is 8.27. The number of ether oxygens (including phenoxy) is 1. The fourth-order valence-corrected chi connectivity index (χ4v) is 2.30. The van der Waals surface area contributed by atoms with Gasteiger partial charge in [0.25, 0.3) is 5.91 Å².